The highest BCUT2D eigenvalue weighted by Gasteiger charge is 2.07. The zero-order chi connectivity index (χ0) is 17.1. The molecule has 0 radical (unpaired) electrons. The lowest BCUT2D eigenvalue weighted by Gasteiger charge is -2.09. The van der Waals surface area contributed by atoms with Gasteiger partial charge in [-0.2, -0.15) is 5.10 Å². The van der Waals surface area contributed by atoms with Crippen molar-refractivity contribution in [2.45, 2.75) is 39.7 Å². The molecule has 3 rings (SSSR count). The number of hydrogen-bond acceptors (Lipinski definition) is 2. The summed E-state index contributed by atoms with van der Waals surface area (Å²) in [5.41, 5.74) is 4.37. The van der Waals surface area contributed by atoms with E-state index in [1.165, 1.54) is 11.1 Å². The van der Waals surface area contributed by atoms with Gasteiger partial charge in [0.2, 0.25) is 5.91 Å². The molecule has 0 unspecified atom stereocenters. The molecular weight excluding hydrogens is 298 g/mol. The Kier molecular flexibility index (Phi) is 4.65. The van der Waals surface area contributed by atoms with Crippen LogP contribution < -0.4 is 5.32 Å². The molecule has 1 N–H and O–H groups in total. The van der Waals surface area contributed by atoms with Gasteiger partial charge < -0.3 is 5.32 Å². The minimum absolute atomic E-state index is 0.00333. The van der Waals surface area contributed by atoms with Gasteiger partial charge in [0.25, 0.3) is 0 Å². The Morgan fingerprint density at radius 3 is 2.62 bits per heavy atom. The molecule has 0 saturated heterocycles. The number of carbonyl (C=O) groups is 1. The van der Waals surface area contributed by atoms with Crippen molar-refractivity contribution in [2.24, 2.45) is 0 Å². The molecule has 3 aromatic rings. The van der Waals surface area contributed by atoms with Crippen molar-refractivity contribution in [3.05, 3.63) is 59.8 Å². The van der Waals surface area contributed by atoms with Crippen LogP contribution in [-0.4, -0.2) is 15.7 Å². The predicted molar refractivity (Wildman–Crippen MR) is 98.2 cm³/mol. The fraction of sp³-hybridized carbons (Fsp3) is 0.300. The van der Waals surface area contributed by atoms with E-state index >= 15 is 0 Å². The van der Waals surface area contributed by atoms with Gasteiger partial charge in [0.1, 0.15) is 0 Å². The van der Waals surface area contributed by atoms with E-state index in [0.29, 0.717) is 18.9 Å². The van der Waals surface area contributed by atoms with Gasteiger partial charge in [-0.15, -0.1) is 0 Å². The monoisotopic (exact) mass is 321 g/mol. The lowest BCUT2D eigenvalue weighted by Crippen LogP contribution is -2.15. The van der Waals surface area contributed by atoms with E-state index in [4.69, 9.17) is 0 Å². The molecule has 0 bridgehead atoms. The highest BCUT2D eigenvalue weighted by atomic mass is 16.1. The molecule has 1 aromatic heterocycles. The Bertz CT molecular complexity index is 847. The summed E-state index contributed by atoms with van der Waals surface area (Å²) >= 11 is 0. The predicted octanol–water partition coefficient (Wildman–Crippen LogP) is 4.50. The number of aryl methyl sites for hydroxylation is 2. The van der Waals surface area contributed by atoms with Gasteiger partial charge in [0.05, 0.1) is 18.3 Å². The standard InChI is InChI=1S/C20H23N3O/c1-14(2)16-6-8-18(9-7-16)22-20(24)10-11-23-19-12-15(3)4-5-17(19)13-21-23/h4-9,12-14H,10-11H2,1-3H3,(H,22,24). The fourth-order valence-corrected chi connectivity index (χ4v) is 2.74. The minimum atomic E-state index is 0.00333. The van der Waals surface area contributed by atoms with E-state index in [0.717, 1.165) is 16.6 Å². The quantitative estimate of drug-likeness (QED) is 0.752. The second-order valence-electron chi connectivity index (χ2n) is 6.50. The van der Waals surface area contributed by atoms with Gasteiger partial charge in [0.15, 0.2) is 0 Å². The molecule has 0 spiro atoms. The maximum absolute atomic E-state index is 12.2. The van der Waals surface area contributed by atoms with Crippen LogP contribution in [0.3, 0.4) is 0 Å². The maximum Gasteiger partial charge on any atom is 0.226 e. The zero-order valence-electron chi connectivity index (χ0n) is 14.4. The average Bonchev–Trinajstić information content (AvgIpc) is 2.95. The number of hydrogen-bond donors (Lipinski definition) is 1. The van der Waals surface area contributed by atoms with Gasteiger partial charge in [-0.1, -0.05) is 38.1 Å². The number of benzene rings is 2. The van der Waals surface area contributed by atoms with Crippen molar-refractivity contribution >= 4 is 22.5 Å². The van der Waals surface area contributed by atoms with E-state index in [9.17, 15) is 4.79 Å². The van der Waals surface area contributed by atoms with E-state index in [2.05, 4.69) is 61.5 Å². The highest BCUT2D eigenvalue weighted by Crippen LogP contribution is 2.18. The Morgan fingerprint density at radius 2 is 1.92 bits per heavy atom. The topological polar surface area (TPSA) is 46.9 Å². The third-order valence-electron chi connectivity index (χ3n) is 4.21. The minimum Gasteiger partial charge on any atom is -0.326 e. The van der Waals surface area contributed by atoms with Crippen LogP contribution in [0, 0.1) is 6.92 Å². The molecule has 4 nitrogen and oxygen atoms in total. The summed E-state index contributed by atoms with van der Waals surface area (Å²) in [6, 6.07) is 14.3. The molecule has 1 heterocycles. The number of carbonyl (C=O) groups excluding carboxylic acids is 1. The van der Waals surface area contributed by atoms with Crippen LogP contribution in [0.1, 0.15) is 37.3 Å². The number of amides is 1. The number of anilines is 1. The second-order valence-corrected chi connectivity index (χ2v) is 6.50. The number of aromatic nitrogens is 2. The zero-order valence-corrected chi connectivity index (χ0v) is 14.4. The summed E-state index contributed by atoms with van der Waals surface area (Å²) in [6.45, 7) is 6.95. The summed E-state index contributed by atoms with van der Waals surface area (Å²) in [4.78, 5) is 12.2. The van der Waals surface area contributed by atoms with Crippen LogP contribution in [-0.2, 0) is 11.3 Å². The molecule has 4 heteroatoms. The van der Waals surface area contributed by atoms with Crippen LogP contribution in [0.2, 0.25) is 0 Å². The molecule has 0 atom stereocenters. The van der Waals surface area contributed by atoms with Crippen molar-refractivity contribution in [1.29, 1.82) is 0 Å². The molecule has 0 saturated carbocycles. The van der Waals surface area contributed by atoms with Crippen molar-refractivity contribution < 1.29 is 4.79 Å². The van der Waals surface area contributed by atoms with Crippen molar-refractivity contribution in [3.8, 4) is 0 Å². The summed E-state index contributed by atoms with van der Waals surface area (Å²) in [5, 5.41) is 8.44. The molecule has 124 valence electrons. The first-order chi connectivity index (χ1) is 11.5. The molecule has 24 heavy (non-hydrogen) atoms. The Balaban J connectivity index is 1.61. The molecular formula is C20H23N3O. The second kappa shape index (κ2) is 6.87. The SMILES string of the molecule is Cc1ccc2cnn(CCC(=O)Nc3ccc(C(C)C)cc3)c2c1. The molecule has 1 amide bonds. The van der Waals surface area contributed by atoms with Crippen molar-refractivity contribution in [2.75, 3.05) is 5.32 Å². The van der Waals surface area contributed by atoms with E-state index in [1.807, 2.05) is 23.0 Å². The first kappa shape index (κ1) is 16.2. The van der Waals surface area contributed by atoms with E-state index in [1.54, 1.807) is 0 Å². The summed E-state index contributed by atoms with van der Waals surface area (Å²) in [7, 11) is 0. The number of nitrogens with zero attached hydrogens (tertiary/aromatic N) is 2. The number of rotatable bonds is 5. The van der Waals surface area contributed by atoms with Crippen molar-refractivity contribution in [3.63, 3.8) is 0 Å². The average molecular weight is 321 g/mol. The Labute approximate surface area is 142 Å². The third kappa shape index (κ3) is 3.65. The Morgan fingerprint density at radius 1 is 1.17 bits per heavy atom. The molecule has 0 fully saturated rings. The largest absolute Gasteiger partial charge is 0.326 e. The molecule has 2 aromatic carbocycles. The fourth-order valence-electron chi connectivity index (χ4n) is 2.74. The smallest absolute Gasteiger partial charge is 0.226 e. The number of fused-ring (bicyclic) bond motifs is 1. The van der Waals surface area contributed by atoms with Crippen LogP contribution >= 0.6 is 0 Å². The summed E-state index contributed by atoms with van der Waals surface area (Å²) in [5.74, 6) is 0.495. The van der Waals surface area contributed by atoms with Crippen LogP contribution in [0.15, 0.2) is 48.7 Å². The lowest BCUT2D eigenvalue weighted by atomic mass is 10.0. The van der Waals surface area contributed by atoms with Gasteiger partial charge in [0, 0.05) is 17.5 Å². The molecule has 0 aliphatic rings. The van der Waals surface area contributed by atoms with Gasteiger partial charge in [-0.25, -0.2) is 0 Å². The summed E-state index contributed by atoms with van der Waals surface area (Å²) in [6.07, 6.45) is 2.24. The van der Waals surface area contributed by atoms with Crippen LogP contribution in [0.4, 0.5) is 5.69 Å². The van der Waals surface area contributed by atoms with Crippen LogP contribution in [0.5, 0.6) is 0 Å². The van der Waals surface area contributed by atoms with Crippen molar-refractivity contribution in [1.82, 2.24) is 9.78 Å². The third-order valence-corrected chi connectivity index (χ3v) is 4.21. The van der Waals surface area contributed by atoms with E-state index < -0.39 is 0 Å². The first-order valence-corrected chi connectivity index (χ1v) is 8.35. The van der Waals surface area contributed by atoms with E-state index in [-0.39, 0.29) is 5.91 Å². The number of nitrogens with one attached hydrogen (secondary N) is 1. The summed E-state index contributed by atoms with van der Waals surface area (Å²) < 4.78 is 1.89. The first-order valence-electron chi connectivity index (χ1n) is 8.35. The van der Waals surface area contributed by atoms with Crippen LogP contribution in [0.25, 0.3) is 10.9 Å². The highest BCUT2D eigenvalue weighted by molar-refractivity contribution is 5.90. The maximum atomic E-state index is 12.2. The van der Waals surface area contributed by atoms with Gasteiger partial charge in [-0.05, 0) is 42.2 Å². The Hall–Kier alpha value is -2.62. The lowest BCUT2D eigenvalue weighted by molar-refractivity contribution is -0.116. The molecule has 0 aliphatic carbocycles. The van der Waals surface area contributed by atoms with Gasteiger partial charge >= 0.3 is 0 Å². The normalized spacial score (nSPS) is 11.2. The van der Waals surface area contributed by atoms with Gasteiger partial charge in [-0.3, -0.25) is 9.48 Å². The molecule has 0 aliphatic heterocycles.